The van der Waals surface area contributed by atoms with Crippen LogP contribution in [0.4, 0.5) is 11.6 Å². The fourth-order valence-corrected chi connectivity index (χ4v) is 1.78. The maximum Gasteiger partial charge on any atom is 0.245 e. The maximum absolute atomic E-state index is 5.49. The average molecular weight is 277 g/mol. The lowest BCUT2D eigenvalue weighted by Gasteiger charge is -2.12. The number of nitrogens with one attached hydrogen (secondary N) is 2. The van der Waals surface area contributed by atoms with E-state index >= 15 is 0 Å². The van der Waals surface area contributed by atoms with Crippen molar-refractivity contribution in [1.82, 2.24) is 20.1 Å². The zero-order chi connectivity index (χ0) is 14.5. The number of hydrogen-bond donors (Lipinski definition) is 3. The Labute approximate surface area is 117 Å². The summed E-state index contributed by atoms with van der Waals surface area (Å²) < 4.78 is 5.05. The van der Waals surface area contributed by atoms with E-state index in [1.165, 1.54) is 0 Å². The third kappa shape index (κ3) is 3.21. The Kier molecular flexibility index (Phi) is 4.46. The number of nitrogen functional groups attached to an aromatic ring is 1. The average Bonchev–Trinajstić information content (AvgIpc) is 2.85. The van der Waals surface area contributed by atoms with Gasteiger partial charge in [-0.15, -0.1) is 0 Å². The van der Waals surface area contributed by atoms with Gasteiger partial charge in [0.15, 0.2) is 5.82 Å². The third-order valence-corrected chi connectivity index (χ3v) is 2.78. The summed E-state index contributed by atoms with van der Waals surface area (Å²) >= 11 is 0. The molecule has 2 heterocycles. The van der Waals surface area contributed by atoms with E-state index in [4.69, 9.17) is 10.4 Å². The standard InChI is InChI=1S/C12H19N7O/c1-4-5-9-16-11(7(2)12(17-9)18-13)14-6-10-15-8(3)19-20-10/h4-6,13H2,1-3H3,(H2,14,16,17,18). The lowest BCUT2D eigenvalue weighted by atomic mass is 10.2. The minimum absolute atomic E-state index is 0.411. The molecule has 0 aliphatic heterocycles. The molecule has 0 aliphatic carbocycles. The molecule has 8 nitrogen and oxygen atoms in total. The molecule has 8 heteroatoms. The minimum atomic E-state index is 0.411. The van der Waals surface area contributed by atoms with E-state index in [2.05, 4.69) is 37.8 Å². The summed E-state index contributed by atoms with van der Waals surface area (Å²) in [6.45, 7) is 6.16. The zero-order valence-corrected chi connectivity index (χ0v) is 11.9. The van der Waals surface area contributed by atoms with E-state index in [0.717, 1.165) is 24.2 Å². The van der Waals surface area contributed by atoms with Crippen LogP contribution in [0.2, 0.25) is 0 Å². The van der Waals surface area contributed by atoms with Crippen molar-refractivity contribution in [2.24, 2.45) is 5.84 Å². The van der Waals surface area contributed by atoms with Crippen molar-refractivity contribution >= 4 is 11.6 Å². The van der Waals surface area contributed by atoms with E-state index in [1.54, 1.807) is 6.92 Å². The van der Waals surface area contributed by atoms with E-state index in [-0.39, 0.29) is 0 Å². The van der Waals surface area contributed by atoms with Crippen LogP contribution in [0.5, 0.6) is 0 Å². The molecule has 0 aliphatic rings. The molecule has 0 saturated heterocycles. The molecule has 0 fully saturated rings. The third-order valence-electron chi connectivity index (χ3n) is 2.78. The zero-order valence-electron chi connectivity index (χ0n) is 11.9. The highest BCUT2D eigenvalue weighted by molar-refractivity contribution is 5.56. The van der Waals surface area contributed by atoms with Crippen LogP contribution in [-0.4, -0.2) is 20.1 Å². The predicted octanol–water partition coefficient (Wildman–Crippen LogP) is 1.33. The van der Waals surface area contributed by atoms with Gasteiger partial charge < -0.3 is 15.3 Å². The van der Waals surface area contributed by atoms with Gasteiger partial charge in [0, 0.05) is 12.0 Å². The molecular formula is C12H19N7O. The van der Waals surface area contributed by atoms with Crippen LogP contribution in [0, 0.1) is 13.8 Å². The summed E-state index contributed by atoms with van der Waals surface area (Å²) in [5.41, 5.74) is 3.44. The molecular weight excluding hydrogens is 258 g/mol. The number of rotatable bonds is 6. The van der Waals surface area contributed by atoms with Gasteiger partial charge in [-0.3, -0.25) is 0 Å². The molecule has 0 atom stereocenters. The van der Waals surface area contributed by atoms with Crippen molar-refractivity contribution in [3.63, 3.8) is 0 Å². The number of hydrogen-bond acceptors (Lipinski definition) is 8. The number of anilines is 2. The van der Waals surface area contributed by atoms with Crippen LogP contribution in [-0.2, 0) is 13.0 Å². The first-order chi connectivity index (χ1) is 9.63. The van der Waals surface area contributed by atoms with Crippen molar-refractivity contribution in [2.45, 2.75) is 40.2 Å². The fourth-order valence-electron chi connectivity index (χ4n) is 1.78. The van der Waals surface area contributed by atoms with Gasteiger partial charge in [0.05, 0.1) is 6.54 Å². The van der Waals surface area contributed by atoms with Crippen molar-refractivity contribution < 1.29 is 4.52 Å². The molecule has 0 unspecified atom stereocenters. The Morgan fingerprint density at radius 3 is 2.50 bits per heavy atom. The number of aryl methyl sites for hydroxylation is 2. The molecule has 20 heavy (non-hydrogen) atoms. The molecule has 0 amide bonds. The van der Waals surface area contributed by atoms with Gasteiger partial charge in [0.2, 0.25) is 5.89 Å². The van der Waals surface area contributed by atoms with Crippen LogP contribution in [0.1, 0.15) is 36.4 Å². The summed E-state index contributed by atoms with van der Waals surface area (Å²) in [7, 11) is 0. The summed E-state index contributed by atoms with van der Waals surface area (Å²) in [4.78, 5) is 13.0. The normalized spacial score (nSPS) is 10.6. The van der Waals surface area contributed by atoms with E-state index in [1.807, 2.05) is 6.92 Å². The van der Waals surface area contributed by atoms with Crippen LogP contribution in [0.25, 0.3) is 0 Å². The van der Waals surface area contributed by atoms with Crippen LogP contribution in [0.15, 0.2) is 4.52 Å². The van der Waals surface area contributed by atoms with Crippen LogP contribution in [0.3, 0.4) is 0 Å². The smallest absolute Gasteiger partial charge is 0.245 e. The van der Waals surface area contributed by atoms with Crippen molar-refractivity contribution in [1.29, 1.82) is 0 Å². The van der Waals surface area contributed by atoms with Gasteiger partial charge in [-0.1, -0.05) is 12.1 Å². The number of nitrogens with two attached hydrogens (primary N) is 1. The molecule has 4 N–H and O–H groups in total. The van der Waals surface area contributed by atoms with Gasteiger partial charge in [-0.25, -0.2) is 15.8 Å². The molecule has 2 aromatic rings. The Bertz CT molecular complexity index is 581. The highest BCUT2D eigenvalue weighted by atomic mass is 16.5. The van der Waals surface area contributed by atoms with Crippen LogP contribution >= 0.6 is 0 Å². The van der Waals surface area contributed by atoms with Gasteiger partial charge in [-0.2, -0.15) is 4.98 Å². The number of nitrogens with zero attached hydrogens (tertiary/aromatic N) is 4. The first-order valence-electron chi connectivity index (χ1n) is 6.51. The van der Waals surface area contributed by atoms with Crippen molar-refractivity contribution in [2.75, 3.05) is 10.7 Å². The molecule has 0 saturated carbocycles. The summed E-state index contributed by atoms with van der Waals surface area (Å²) in [5.74, 6) is 8.69. The minimum Gasteiger partial charge on any atom is -0.361 e. The Balaban J connectivity index is 2.18. The van der Waals surface area contributed by atoms with Crippen molar-refractivity contribution in [3.05, 3.63) is 23.1 Å². The van der Waals surface area contributed by atoms with E-state index < -0.39 is 0 Å². The molecule has 0 aromatic carbocycles. The number of hydrazine groups is 1. The molecule has 2 aromatic heterocycles. The highest BCUT2D eigenvalue weighted by Gasteiger charge is 2.11. The summed E-state index contributed by atoms with van der Waals surface area (Å²) in [6.07, 6.45) is 1.76. The first-order valence-corrected chi connectivity index (χ1v) is 6.51. The predicted molar refractivity (Wildman–Crippen MR) is 74.9 cm³/mol. The lowest BCUT2D eigenvalue weighted by Crippen LogP contribution is -2.15. The molecule has 0 radical (unpaired) electrons. The van der Waals surface area contributed by atoms with E-state index in [9.17, 15) is 0 Å². The second-order valence-electron chi connectivity index (χ2n) is 4.45. The lowest BCUT2D eigenvalue weighted by molar-refractivity contribution is 0.379. The number of aromatic nitrogens is 4. The quantitative estimate of drug-likeness (QED) is 0.535. The SMILES string of the molecule is CCCc1nc(NN)c(C)c(NCc2nc(C)no2)n1. The van der Waals surface area contributed by atoms with Crippen LogP contribution < -0.4 is 16.6 Å². The Morgan fingerprint density at radius 1 is 1.15 bits per heavy atom. The van der Waals surface area contributed by atoms with Gasteiger partial charge >= 0.3 is 0 Å². The second kappa shape index (κ2) is 6.29. The monoisotopic (exact) mass is 277 g/mol. The second-order valence-corrected chi connectivity index (χ2v) is 4.45. The highest BCUT2D eigenvalue weighted by Crippen LogP contribution is 2.20. The first kappa shape index (κ1) is 14.2. The summed E-state index contributed by atoms with van der Waals surface area (Å²) in [5, 5.41) is 6.91. The topological polar surface area (TPSA) is 115 Å². The van der Waals surface area contributed by atoms with E-state index in [0.29, 0.717) is 29.9 Å². The Hall–Kier alpha value is -2.22. The molecule has 108 valence electrons. The van der Waals surface area contributed by atoms with Gasteiger partial charge in [-0.05, 0) is 20.3 Å². The molecule has 2 rings (SSSR count). The largest absolute Gasteiger partial charge is 0.361 e. The summed E-state index contributed by atoms with van der Waals surface area (Å²) in [6, 6.07) is 0. The van der Waals surface area contributed by atoms with Gasteiger partial charge in [0.25, 0.3) is 0 Å². The molecule has 0 spiro atoms. The van der Waals surface area contributed by atoms with Crippen molar-refractivity contribution in [3.8, 4) is 0 Å². The fraction of sp³-hybridized carbons (Fsp3) is 0.500. The molecule has 0 bridgehead atoms. The Morgan fingerprint density at radius 2 is 1.90 bits per heavy atom. The maximum atomic E-state index is 5.49. The van der Waals surface area contributed by atoms with Gasteiger partial charge in [0.1, 0.15) is 17.5 Å².